The van der Waals surface area contributed by atoms with Crippen molar-refractivity contribution in [3.05, 3.63) is 40.4 Å². The SMILES string of the molecule is [N-]=[NH+]N=CC(=O)c1cccc(Cl)c1. The summed E-state index contributed by atoms with van der Waals surface area (Å²) in [6, 6.07) is 6.46. The first-order valence-corrected chi connectivity index (χ1v) is 3.84. The Morgan fingerprint density at radius 1 is 1.62 bits per heavy atom. The first kappa shape index (κ1) is 9.54. The lowest BCUT2D eigenvalue weighted by Crippen LogP contribution is -2.54. The topological polar surface area (TPSA) is 65.7 Å². The molecule has 4 nitrogen and oxygen atoms in total. The summed E-state index contributed by atoms with van der Waals surface area (Å²) in [5.74, 6) is -0.330. The standard InChI is InChI=1S/C8H6ClN3O/c9-7-3-1-2-6(4-7)8(13)5-11-12-10/h1-5,12H. The zero-order chi connectivity index (χ0) is 9.68. The quantitative estimate of drug-likeness (QED) is 0.327. The van der Waals surface area contributed by atoms with E-state index >= 15 is 0 Å². The molecular formula is C8H6ClN3O. The van der Waals surface area contributed by atoms with E-state index < -0.39 is 0 Å². The molecular weight excluding hydrogens is 190 g/mol. The van der Waals surface area contributed by atoms with Gasteiger partial charge in [0.05, 0.1) is 0 Å². The Kier molecular flexibility index (Phi) is 3.28. The van der Waals surface area contributed by atoms with Crippen LogP contribution < -0.4 is 5.22 Å². The molecule has 5 heteroatoms. The van der Waals surface area contributed by atoms with Gasteiger partial charge in [0.2, 0.25) is 0 Å². The van der Waals surface area contributed by atoms with Crippen molar-refractivity contribution in [2.75, 3.05) is 0 Å². The molecule has 0 amide bonds. The van der Waals surface area contributed by atoms with E-state index in [4.69, 9.17) is 17.1 Å². The van der Waals surface area contributed by atoms with E-state index in [1.165, 1.54) is 11.3 Å². The number of hydrogen-bond acceptors (Lipinski definition) is 1. The van der Waals surface area contributed by atoms with Crippen LogP contribution in [0.5, 0.6) is 0 Å². The fourth-order valence-electron chi connectivity index (χ4n) is 0.804. The van der Waals surface area contributed by atoms with Crippen LogP contribution in [-0.2, 0) is 0 Å². The summed E-state index contributed by atoms with van der Waals surface area (Å²) in [7, 11) is 0. The van der Waals surface area contributed by atoms with Gasteiger partial charge in [0, 0.05) is 16.8 Å². The van der Waals surface area contributed by atoms with Gasteiger partial charge in [-0.1, -0.05) is 23.7 Å². The van der Waals surface area contributed by atoms with Gasteiger partial charge in [-0.2, -0.15) is 15.9 Å². The molecule has 0 aromatic heterocycles. The first-order chi connectivity index (χ1) is 6.24. The fourth-order valence-corrected chi connectivity index (χ4v) is 0.994. The third kappa shape index (κ3) is 2.76. The zero-order valence-corrected chi connectivity index (χ0v) is 7.32. The molecule has 66 valence electrons. The van der Waals surface area contributed by atoms with Crippen molar-refractivity contribution < 1.29 is 10.0 Å². The first-order valence-electron chi connectivity index (χ1n) is 3.46. The molecule has 0 saturated heterocycles. The number of carbonyl (C=O) groups is 1. The summed E-state index contributed by atoms with van der Waals surface area (Å²) in [6.07, 6.45) is 0.964. The Morgan fingerprint density at radius 3 is 3.00 bits per heavy atom. The molecule has 1 aromatic carbocycles. The predicted octanol–water partition coefficient (Wildman–Crippen LogP) is 0.611. The van der Waals surface area contributed by atoms with Crippen LogP contribution >= 0.6 is 11.6 Å². The third-order valence-electron chi connectivity index (χ3n) is 1.35. The van der Waals surface area contributed by atoms with E-state index in [-0.39, 0.29) is 5.78 Å². The van der Waals surface area contributed by atoms with Gasteiger partial charge in [-0.3, -0.25) is 4.79 Å². The number of ketones is 1. The van der Waals surface area contributed by atoms with Crippen LogP contribution in [0.15, 0.2) is 29.4 Å². The van der Waals surface area contributed by atoms with E-state index in [1.807, 2.05) is 0 Å². The molecule has 13 heavy (non-hydrogen) atoms. The average molecular weight is 196 g/mol. The van der Waals surface area contributed by atoms with Crippen LogP contribution in [0.3, 0.4) is 0 Å². The van der Waals surface area contributed by atoms with Crippen molar-refractivity contribution >= 4 is 23.6 Å². The molecule has 0 spiro atoms. The fraction of sp³-hybridized carbons (Fsp3) is 0. The number of nitrogens with zero attached hydrogens (tertiary/aromatic N) is 2. The van der Waals surface area contributed by atoms with E-state index in [1.54, 1.807) is 18.2 Å². The Labute approximate surface area is 79.7 Å². The molecule has 1 rings (SSSR count). The van der Waals surface area contributed by atoms with Crippen LogP contribution in [0, 0.1) is 0 Å². The maximum Gasteiger partial charge on any atom is 0.187 e. The van der Waals surface area contributed by atoms with Crippen LogP contribution in [0.2, 0.25) is 5.02 Å². The minimum absolute atomic E-state index is 0.330. The zero-order valence-electron chi connectivity index (χ0n) is 6.57. The van der Waals surface area contributed by atoms with Gasteiger partial charge in [-0.05, 0) is 12.1 Å². The van der Waals surface area contributed by atoms with Gasteiger partial charge in [0.1, 0.15) is 0 Å². The van der Waals surface area contributed by atoms with Gasteiger partial charge in [-0.15, -0.1) is 0 Å². The van der Waals surface area contributed by atoms with Crippen molar-refractivity contribution in [2.45, 2.75) is 0 Å². The highest BCUT2D eigenvalue weighted by molar-refractivity contribution is 6.36. The summed E-state index contributed by atoms with van der Waals surface area (Å²) in [6.45, 7) is 0. The number of rotatable bonds is 3. The lowest BCUT2D eigenvalue weighted by atomic mass is 10.1. The summed E-state index contributed by atoms with van der Waals surface area (Å²) >= 11 is 5.66. The number of Topliss-reactive ketones (excluding diaryl/α,β-unsaturated/α-hetero) is 1. The Hall–Kier alpha value is -1.55. The van der Waals surface area contributed by atoms with Gasteiger partial charge >= 0.3 is 0 Å². The van der Waals surface area contributed by atoms with E-state index in [0.29, 0.717) is 10.6 Å². The predicted molar refractivity (Wildman–Crippen MR) is 48.6 cm³/mol. The Bertz CT molecular complexity index is 362. The normalized spacial score (nSPS) is 10.2. The van der Waals surface area contributed by atoms with E-state index in [9.17, 15) is 4.79 Å². The number of nitrogens with one attached hydrogen (secondary N) is 1. The second-order valence-corrected chi connectivity index (χ2v) is 2.67. The smallest absolute Gasteiger partial charge is 0.187 e. The van der Waals surface area contributed by atoms with Crippen molar-refractivity contribution in [2.24, 2.45) is 5.10 Å². The van der Waals surface area contributed by atoms with E-state index in [2.05, 4.69) is 5.10 Å². The van der Waals surface area contributed by atoms with Crippen LogP contribution in [0.4, 0.5) is 0 Å². The number of hydrogen-bond donors (Lipinski definition) is 1. The molecule has 0 atom stereocenters. The Morgan fingerprint density at radius 2 is 2.38 bits per heavy atom. The highest BCUT2D eigenvalue weighted by Gasteiger charge is 2.00. The van der Waals surface area contributed by atoms with Gasteiger partial charge < -0.3 is 0 Å². The van der Waals surface area contributed by atoms with Gasteiger partial charge in [0.15, 0.2) is 5.78 Å². The summed E-state index contributed by atoms with van der Waals surface area (Å²) < 4.78 is 0. The van der Waals surface area contributed by atoms with Crippen LogP contribution in [0.25, 0.3) is 5.53 Å². The molecule has 0 aliphatic heterocycles. The second kappa shape index (κ2) is 4.47. The van der Waals surface area contributed by atoms with E-state index in [0.717, 1.165) is 6.21 Å². The largest absolute Gasteiger partial charge is 0.289 e. The molecule has 1 aromatic rings. The third-order valence-corrected chi connectivity index (χ3v) is 1.58. The van der Waals surface area contributed by atoms with Crippen molar-refractivity contribution in [1.29, 1.82) is 0 Å². The summed E-state index contributed by atoms with van der Waals surface area (Å²) in [5.41, 5.74) is 8.51. The van der Waals surface area contributed by atoms with Crippen molar-refractivity contribution in [1.82, 2.24) is 0 Å². The maximum atomic E-state index is 11.2. The van der Waals surface area contributed by atoms with Gasteiger partial charge in [-0.25, -0.2) is 0 Å². The molecule has 0 heterocycles. The van der Waals surface area contributed by atoms with Crippen molar-refractivity contribution in [3.63, 3.8) is 0 Å². The molecule has 0 aliphatic carbocycles. The molecule has 0 fully saturated rings. The maximum absolute atomic E-state index is 11.2. The van der Waals surface area contributed by atoms with Crippen LogP contribution in [0.1, 0.15) is 10.4 Å². The van der Waals surface area contributed by atoms with Gasteiger partial charge in [0.25, 0.3) is 0 Å². The molecule has 0 unspecified atom stereocenters. The highest BCUT2D eigenvalue weighted by atomic mass is 35.5. The molecule has 0 saturated carbocycles. The number of carbonyl (C=O) groups excluding carboxylic acids is 1. The molecule has 0 aliphatic rings. The molecule has 0 radical (unpaired) electrons. The average Bonchev–Trinajstić information content (AvgIpc) is 2.14. The minimum atomic E-state index is -0.330. The number of benzene rings is 1. The second-order valence-electron chi connectivity index (χ2n) is 2.23. The minimum Gasteiger partial charge on any atom is -0.289 e. The molecule has 1 N–H and O–H groups in total. The Balaban J connectivity index is 2.89. The lowest BCUT2D eigenvalue weighted by Gasteiger charge is -1.95. The number of halogens is 1. The number of hydrazone groups is 1. The monoisotopic (exact) mass is 195 g/mol. The highest BCUT2D eigenvalue weighted by Crippen LogP contribution is 2.10. The van der Waals surface area contributed by atoms with Crippen molar-refractivity contribution in [3.8, 4) is 0 Å². The molecule has 0 bridgehead atoms. The van der Waals surface area contributed by atoms with Crippen LogP contribution in [-0.4, -0.2) is 12.0 Å². The lowest BCUT2D eigenvalue weighted by molar-refractivity contribution is -0.485. The summed E-state index contributed by atoms with van der Waals surface area (Å²) in [4.78, 5) is 11.2. The summed E-state index contributed by atoms with van der Waals surface area (Å²) in [5, 5.41) is 5.15.